The van der Waals surface area contributed by atoms with Crippen LogP contribution in [0.3, 0.4) is 0 Å². The van der Waals surface area contributed by atoms with Gasteiger partial charge in [-0.25, -0.2) is 0 Å². The van der Waals surface area contributed by atoms with E-state index in [1.807, 2.05) is 0 Å². The minimum atomic E-state index is -3.67. The number of hydrogen-bond donors (Lipinski definition) is 1. The first kappa shape index (κ1) is 19.4. The Labute approximate surface area is 155 Å². The quantitative estimate of drug-likeness (QED) is 0.589. The Bertz CT molecular complexity index is 556. The molecule has 1 atom stereocenters. The predicted molar refractivity (Wildman–Crippen MR) is 99.9 cm³/mol. The first-order chi connectivity index (χ1) is 12.1. The Morgan fingerprint density at radius 3 is 1.76 bits per heavy atom. The molecule has 0 radical (unpaired) electrons. The van der Waals surface area contributed by atoms with Crippen LogP contribution in [0.25, 0.3) is 0 Å². The van der Waals surface area contributed by atoms with Crippen LogP contribution in [-0.2, 0) is 13.6 Å². The zero-order chi connectivity index (χ0) is 17.7. The lowest BCUT2D eigenvalue weighted by Gasteiger charge is -2.33. The molecule has 0 bridgehead atoms. The molecule has 2 saturated carbocycles. The van der Waals surface area contributed by atoms with Gasteiger partial charge in [0.2, 0.25) is 0 Å². The smallest absolute Gasteiger partial charge is 0.363 e. The van der Waals surface area contributed by atoms with Gasteiger partial charge in [-0.05, 0) is 43.4 Å². The van der Waals surface area contributed by atoms with Crippen molar-refractivity contribution in [1.29, 1.82) is 0 Å². The van der Waals surface area contributed by atoms with E-state index in [1.54, 1.807) is 24.3 Å². The van der Waals surface area contributed by atoms with Crippen molar-refractivity contribution >= 4 is 19.2 Å². The molecule has 140 valence electrons. The maximum Gasteiger partial charge on any atom is 0.363 e. The molecule has 2 aliphatic carbocycles. The zero-order valence-electron chi connectivity index (χ0n) is 14.6. The summed E-state index contributed by atoms with van der Waals surface area (Å²) in [5, 5.41) is 11.4. The largest absolute Gasteiger partial charge is 0.376 e. The highest BCUT2D eigenvalue weighted by Gasteiger charge is 2.41. The molecule has 25 heavy (non-hydrogen) atoms. The first-order valence-corrected chi connectivity index (χ1v) is 11.5. The van der Waals surface area contributed by atoms with Crippen LogP contribution in [0.5, 0.6) is 0 Å². The van der Waals surface area contributed by atoms with Crippen molar-refractivity contribution in [2.45, 2.75) is 82.3 Å². The third kappa shape index (κ3) is 5.30. The van der Waals surface area contributed by atoms with Crippen LogP contribution in [0.1, 0.15) is 75.6 Å². The summed E-state index contributed by atoms with van der Waals surface area (Å²) in [4.78, 5) is 0. The van der Waals surface area contributed by atoms with Crippen molar-refractivity contribution in [2.75, 3.05) is 0 Å². The summed E-state index contributed by atoms with van der Waals surface area (Å²) in [6.07, 6.45) is 10.0. The Hall–Kier alpha value is -0.380. The Kier molecular flexibility index (Phi) is 6.99. The number of halogens is 1. The van der Waals surface area contributed by atoms with Crippen molar-refractivity contribution in [3.05, 3.63) is 34.9 Å². The average molecular weight is 387 g/mol. The van der Waals surface area contributed by atoms with Crippen LogP contribution < -0.4 is 0 Å². The molecule has 1 aromatic carbocycles. The van der Waals surface area contributed by atoms with Gasteiger partial charge < -0.3 is 14.2 Å². The van der Waals surface area contributed by atoms with Crippen LogP contribution >= 0.6 is 19.2 Å². The maximum absolute atomic E-state index is 13.6. The molecule has 0 saturated heterocycles. The van der Waals surface area contributed by atoms with Crippen molar-refractivity contribution in [3.8, 4) is 0 Å². The Morgan fingerprint density at radius 2 is 1.32 bits per heavy atom. The summed E-state index contributed by atoms with van der Waals surface area (Å²) in [5.74, 6) is -1.27. The lowest BCUT2D eigenvalue weighted by Crippen LogP contribution is -2.22. The molecule has 0 amide bonds. The molecule has 0 aromatic heterocycles. The van der Waals surface area contributed by atoms with Gasteiger partial charge in [-0.15, -0.1) is 0 Å². The van der Waals surface area contributed by atoms with Crippen LogP contribution in [0.4, 0.5) is 0 Å². The molecule has 0 spiro atoms. The number of rotatable bonds is 6. The summed E-state index contributed by atoms with van der Waals surface area (Å²) in [6.45, 7) is 0. The van der Waals surface area contributed by atoms with E-state index in [2.05, 4.69) is 0 Å². The van der Waals surface area contributed by atoms with E-state index in [-0.39, 0.29) is 12.2 Å². The SMILES string of the molecule is O=P(OC1CCCCC1)(OC1CCCCC1)[C@H](O)c1ccc(Cl)cc1. The molecule has 1 aromatic rings. The minimum absolute atomic E-state index is 0.0925. The number of benzene rings is 1. The molecule has 0 heterocycles. The third-order valence-electron chi connectivity index (χ3n) is 5.16. The van der Waals surface area contributed by atoms with E-state index < -0.39 is 13.4 Å². The molecule has 2 fully saturated rings. The van der Waals surface area contributed by atoms with Gasteiger partial charge in [-0.2, -0.15) is 0 Å². The van der Waals surface area contributed by atoms with Crippen LogP contribution in [-0.4, -0.2) is 17.3 Å². The van der Waals surface area contributed by atoms with Crippen molar-refractivity contribution in [1.82, 2.24) is 0 Å². The second-order valence-corrected chi connectivity index (χ2v) is 9.62. The maximum atomic E-state index is 13.6. The molecule has 2 aliphatic rings. The first-order valence-electron chi connectivity index (χ1n) is 9.47. The van der Waals surface area contributed by atoms with E-state index in [1.165, 1.54) is 12.8 Å². The summed E-state index contributed by atoms with van der Waals surface area (Å²) >= 11 is 5.93. The molecule has 4 nitrogen and oxygen atoms in total. The van der Waals surface area contributed by atoms with Gasteiger partial charge in [0.25, 0.3) is 0 Å². The molecule has 1 N–H and O–H groups in total. The Morgan fingerprint density at radius 1 is 0.880 bits per heavy atom. The fourth-order valence-electron chi connectivity index (χ4n) is 3.71. The van der Waals surface area contributed by atoms with E-state index in [0.717, 1.165) is 51.4 Å². The highest BCUT2D eigenvalue weighted by molar-refractivity contribution is 7.54. The predicted octanol–water partition coefficient (Wildman–Crippen LogP) is 6.22. The number of hydrogen-bond acceptors (Lipinski definition) is 4. The highest BCUT2D eigenvalue weighted by Crippen LogP contribution is 2.62. The van der Waals surface area contributed by atoms with Gasteiger partial charge >= 0.3 is 7.60 Å². The van der Waals surface area contributed by atoms with E-state index >= 15 is 0 Å². The topological polar surface area (TPSA) is 55.8 Å². The molecule has 3 rings (SSSR count). The van der Waals surface area contributed by atoms with Crippen molar-refractivity contribution in [3.63, 3.8) is 0 Å². The second kappa shape index (κ2) is 9.01. The van der Waals surface area contributed by atoms with Crippen LogP contribution in [0.2, 0.25) is 5.02 Å². The number of aliphatic hydroxyl groups excluding tert-OH is 1. The summed E-state index contributed by atoms with van der Waals surface area (Å²) in [5.41, 5.74) is 0.527. The van der Waals surface area contributed by atoms with Gasteiger partial charge in [0.05, 0.1) is 12.2 Å². The lowest BCUT2D eigenvalue weighted by atomic mass is 9.98. The standard InChI is InChI=1S/C19H28ClO4P/c20-16-13-11-15(12-14-16)19(21)25(22,23-17-7-3-1-4-8-17)24-18-9-5-2-6-10-18/h11-14,17-19,21H,1-10H2/t19-/m0/s1. The van der Waals surface area contributed by atoms with E-state index in [4.69, 9.17) is 20.6 Å². The summed E-state index contributed by atoms with van der Waals surface area (Å²) < 4.78 is 25.6. The molecule has 0 unspecified atom stereocenters. The monoisotopic (exact) mass is 386 g/mol. The third-order valence-corrected chi connectivity index (χ3v) is 7.50. The average Bonchev–Trinajstić information content (AvgIpc) is 2.63. The van der Waals surface area contributed by atoms with Gasteiger partial charge in [0.15, 0.2) is 5.85 Å². The minimum Gasteiger partial charge on any atom is -0.376 e. The lowest BCUT2D eigenvalue weighted by molar-refractivity contribution is 0.0545. The van der Waals surface area contributed by atoms with Crippen molar-refractivity contribution < 1.29 is 18.7 Å². The molecule has 6 heteroatoms. The fourth-order valence-corrected chi connectivity index (χ4v) is 5.91. The van der Waals surface area contributed by atoms with Crippen molar-refractivity contribution in [2.24, 2.45) is 0 Å². The summed E-state index contributed by atoms with van der Waals surface area (Å²) in [6, 6.07) is 6.75. The van der Waals surface area contributed by atoms with Gasteiger partial charge in [-0.3, -0.25) is 4.57 Å². The summed E-state index contributed by atoms with van der Waals surface area (Å²) in [7, 11) is -3.67. The highest BCUT2D eigenvalue weighted by atomic mass is 35.5. The van der Waals surface area contributed by atoms with Crippen LogP contribution in [0.15, 0.2) is 24.3 Å². The normalized spacial score (nSPS) is 22.0. The van der Waals surface area contributed by atoms with Gasteiger partial charge in [0, 0.05) is 5.02 Å². The fraction of sp³-hybridized carbons (Fsp3) is 0.684. The molecular weight excluding hydrogens is 359 g/mol. The zero-order valence-corrected chi connectivity index (χ0v) is 16.3. The molecule has 0 aliphatic heterocycles. The van der Waals surface area contributed by atoms with Gasteiger partial charge in [0.1, 0.15) is 0 Å². The second-order valence-electron chi connectivity index (χ2n) is 7.20. The number of aliphatic hydroxyl groups is 1. The molecular formula is C19H28ClO4P. The Balaban J connectivity index is 1.78. The van der Waals surface area contributed by atoms with Crippen LogP contribution in [0, 0.1) is 0 Å². The van der Waals surface area contributed by atoms with E-state index in [0.29, 0.717) is 10.6 Å². The van der Waals surface area contributed by atoms with Gasteiger partial charge in [-0.1, -0.05) is 62.3 Å². The van der Waals surface area contributed by atoms with E-state index in [9.17, 15) is 9.67 Å².